The maximum absolute atomic E-state index is 7.44. The van der Waals surface area contributed by atoms with Gasteiger partial charge >= 0.3 is 0 Å². The van der Waals surface area contributed by atoms with Gasteiger partial charge in [-0.05, 0) is 216 Å². The lowest BCUT2D eigenvalue weighted by Gasteiger charge is -2.43. The number of anilines is 6. The number of aryl methyl sites for hydroxylation is 8. The van der Waals surface area contributed by atoms with Crippen LogP contribution in [0.2, 0.25) is 0 Å². The smallest absolute Gasteiger partial charge is 0.256 e. The van der Waals surface area contributed by atoms with Crippen molar-refractivity contribution in [1.29, 1.82) is 0 Å². The molecule has 4 aliphatic heterocycles. The van der Waals surface area contributed by atoms with Gasteiger partial charge in [0.05, 0.1) is 0 Å². The second-order valence-electron chi connectivity index (χ2n) is 21.6. The van der Waals surface area contributed by atoms with E-state index in [0.717, 1.165) is 69.7 Å². The van der Waals surface area contributed by atoms with Gasteiger partial charge in [-0.1, -0.05) is 129 Å². The Morgan fingerprint density at radius 2 is 0.851 bits per heavy atom. The summed E-state index contributed by atoms with van der Waals surface area (Å²) >= 11 is 0. The molecule has 362 valence electrons. The van der Waals surface area contributed by atoms with Crippen LogP contribution in [0.25, 0.3) is 22.3 Å². The zero-order valence-electron chi connectivity index (χ0n) is 44.1. The van der Waals surface area contributed by atoms with Crippen LogP contribution in [0.4, 0.5) is 34.1 Å². The van der Waals surface area contributed by atoms with Gasteiger partial charge in [-0.15, -0.1) is 0 Å². The highest BCUT2D eigenvalue weighted by atomic mass is 16.5. The maximum Gasteiger partial charge on any atom is 0.256 e. The highest BCUT2D eigenvalue weighted by molar-refractivity contribution is 7.02. The molecule has 0 amide bonds. The number of rotatable bonds is 10. The Morgan fingerprint density at radius 1 is 0.378 bits per heavy atom. The van der Waals surface area contributed by atoms with Gasteiger partial charge < -0.3 is 19.3 Å². The Balaban J connectivity index is 1.05. The SMILES string of the molecule is CCCCc1ccc(N2c3ccc(C)cc3B3c4cc5c(cc4Oc4cc(-c6c(C)cccc6C)cc2c43)Oc2cc(-c3c(C)cccc3C)cc3c2B5c2c(C)cccc2N3c2ccc(CCCC)cc2)cc1. The fourth-order valence-corrected chi connectivity index (χ4v) is 13.1. The maximum atomic E-state index is 7.44. The van der Waals surface area contributed by atoms with Crippen molar-refractivity contribution >= 4 is 80.3 Å². The molecule has 0 unspecified atom stereocenters. The van der Waals surface area contributed by atoms with Crippen molar-refractivity contribution in [2.24, 2.45) is 0 Å². The molecule has 4 heterocycles. The number of fused-ring (bicyclic) bond motifs is 8. The van der Waals surface area contributed by atoms with Gasteiger partial charge in [-0.3, -0.25) is 0 Å². The second kappa shape index (κ2) is 18.1. The Hall–Kier alpha value is -7.69. The molecule has 0 fully saturated rings. The summed E-state index contributed by atoms with van der Waals surface area (Å²) in [5.74, 6) is 3.46. The summed E-state index contributed by atoms with van der Waals surface area (Å²) in [5, 5.41) is 0. The molecule has 0 N–H and O–H groups in total. The van der Waals surface area contributed by atoms with Crippen molar-refractivity contribution in [3.63, 3.8) is 0 Å². The Labute approximate surface area is 438 Å². The number of hydrogen-bond donors (Lipinski definition) is 0. The Kier molecular flexibility index (Phi) is 11.3. The first-order chi connectivity index (χ1) is 36.1. The van der Waals surface area contributed by atoms with E-state index in [-0.39, 0.29) is 13.4 Å². The molecule has 13 rings (SSSR count). The molecule has 0 saturated heterocycles. The molecule has 0 aromatic heterocycles. The van der Waals surface area contributed by atoms with Gasteiger partial charge in [-0.25, -0.2) is 0 Å². The Bertz CT molecular complexity index is 3700. The molecule has 6 heteroatoms. The highest BCUT2D eigenvalue weighted by Gasteiger charge is 2.47. The minimum absolute atomic E-state index is 0.0899. The fourth-order valence-electron chi connectivity index (χ4n) is 13.1. The fraction of sp³-hybridized carbons (Fsp3) is 0.206. The van der Waals surface area contributed by atoms with Crippen LogP contribution >= 0.6 is 0 Å². The van der Waals surface area contributed by atoms with Crippen molar-refractivity contribution in [3.05, 3.63) is 202 Å². The summed E-state index contributed by atoms with van der Waals surface area (Å²) in [6.45, 7) is 17.8. The molecule has 0 spiro atoms. The van der Waals surface area contributed by atoms with Gasteiger partial charge in [0.15, 0.2) is 0 Å². The topological polar surface area (TPSA) is 24.9 Å². The third-order valence-corrected chi connectivity index (χ3v) is 16.6. The van der Waals surface area contributed by atoms with Gasteiger partial charge in [0.25, 0.3) is 13.4 Å². The molecule has 4 aliphatic rings. The van der Waals surface area contributed by atoms with Crippen LogP contribution < -0.4 is 52.1 Å². The molecule has 0 bridgehead atoms. The van der Waals surface area contributed by atoms with Crippen LogP contribution in [0, 0.1) is 41.5 Å². The van der Waals surface area contributed by atoms with E-state index in [2.05, 4.69) is 223 Å². The lowest BCUT2D eigenvalue weighted by Crippen LogP contribution is -2.63. The highest BCUT2D eigenvalue weighted by Crippen LogP contribution is 2.48. The summed E-state index contributed by atoms with van der Waals surface area (Å²) < 4.78 is 14.9. The van der Waals surface area contributed by atoms with E-state index in [1.54, 1.807) is 0 Å². The van der Waals surface area contributed by atoms with Crippen molar-refractivity contribution in [2.45, 2.75) is 93.9 Å². The van der Waals surface area contributed by atoms with Gasteiger partial charge in [0.1, 0.15) is 23.0 Å². The number of benzene rings is 9. The van der Waals surface area contributed by atoms with Gasteiger partial charge in [0, 0.05) is 40.2 Å². The van der Waals surface area contributed by atoms with Crippen LogP contribution in [0.15, 0.2) is 158 Å². The molecule has 9 aromatic rings. The molecule has 74 heavy (non-hydrogen) atoms. The molecule has 0 saturated carbocycles. The number of ether oxygens (including phenoxy) is 2. The quantitative estimate of drug-likeness (QED) is 0.128. The van der Waals surface area contributed by atoms with Crippen LogP contribution in [-0.4, -0.2) is 13.4 Å². The molecular weight excluding hydrogens is 898 g/mol. The van der Waals surface area contributed by atoms with E-state index in [0.29, 0.717) is 0 Å². The first kappa shape index (κ1) is 46.1. The van der Waals surface area contributed by atoms with Gasteiger partial charge in [0.2, 0.25) is 0 Å². The minimum atomic E-state index is -0.0917. The average Bonchev–Trinajstić information content (AvgIpc) is 3.48. The summed E-state index contributed by atoms with van der Waals surface area (Å²) in [7, 11) is 0. The second-order valence-corrected chi connectivity index (χ2v) is 21.6. The van der Waals surface area contributed by atoms with E-state index in [1.165, 1.54) is 125 Å². The standard InChI is InChI=1S/C68H62B2N2O2/c1-9-11-21-47-25-29-51(30-26-47)71-56-33-24-41(3)34-53(56)69-54-39-55-61(40-60(54)73-62-37-49(35-58(71)67(62)69)64-42(4)16-13-17-43(64)5)74-63-38-50(65-44(6)18-14-19-45(65)7)36-59-68(63)70(55)66-46(8)20-15-23-57(66)72(59)52-31-27-48(28-32-52)22-12-10-2/h13-20,23-40H,9-12,21-22H2,1-8H3. The summed E-state index contributed by atoms with van der Waals surface area (Å²) in [6.07, 6.45) is 6.89. The lowest BCUT2D eigenvalue weighted by molar-refractivity contribution is 0.466. The number of hydrogen-bond acceptors (Lipinski definition) is 4. The van der Waals surface area contributed by atoms with Crippen LogP contribution in [-0.2, 0) is 12.8 Å². The molecule has 9 aromatic carbocycles. The normalized spacial score (nSPS) is 13.3. The first-order valence-corrected chi connectivity index (χ1v) is 27.1. The van der Waals surface area contributed by atoms with Crippen LogP contribution in [0.3, 0.4) is 0 Å². The predicted octanol–water partition coefficient (Wildman–Crippen LogP) is 14.4. The van der Waals surface area contributed by atoms with E-state index in [1.807, 2.05) is 0 Å². The molecule has 0 aliphatic carbocycles. The lowest BCUT2D eigenvalue weighted by atomic mass is 9.30. The number of unbranched alkanes of at least 4 members (excludes halogenated alkanes) is 2. The average molecular weight is 961 g/mol. The molecule has 4 nitrogen and oxygen atoms in total. The zero-order valence-corrected chi connectivity index (χ0v) is 44.1. The third kappa shape index (κ3) is 7.35. The predicted molar refractivity (Wildman–Crippen MR) is 315 cm³/mol. The minimum Gasteiger partial charge on any atom is -0.458 e. The molecular formula is C68H62B2N2O2. The van der Waals surface area contributed by atoms with Crippen molar-refractivity contribution < 1.29 is 9.47 Å². The zero-order chi connectivity index (χ0) is 50.5. The van der Waals surface area contributed by atoms with Gasteiger partial charge in [-0.2, -0.15) is 0 Å². The van der Waals surface area contributed by atoms with E-state index < -0.39 is 0 Å². The molecule has 0 radical (unpaired) electrons. The van der Waals surface area contributed by atoms with Crippen molar-refractivity contribution in [2.75, 3.05) is 9.80 Å². The summed E-state index contributed by atoms with van der Waals surface area (Å²) in [5.41, 5.74) is 29.4. The molecule has 0 atom stereocenters. The van der Waals surface area contributed by atoms with Crippen molar-refractivity contribution in [1.82, 2.24) is 0 Å². The Morgan fingerprint density at radius 3 is 1.38 bits per heavy atom. The number of nitrogens with zero attached hydrogens (tertiary/aromatic N) is 2. The van der Waals surface area contributed by atoms with E-state index in [9.17, 15) is 0 Å². The summed E-state index contributed by atoms with van der Waals surface area (Å²) in [6, 6.07) is 60.0. The van der Waals surface area contributed by atoms with Crippen molar-refractivity contribution in [3.8, 4) is 45.3 Å². The monoisotopic (exact) mass is 960 g/mol. The largest absolute Gasteiger partial charge is 0.458 e. The van der Waals surface area contributed by atoms with E-state index in [4.69, 9.17) is 9.47 Å². The van der Waals surface area contributed by atoms with Crippen LogP contribution in [0.5, 0.6) is 23.0 Å². The van der Waals surface area contributed by atoms with Crippen LogP contribution in [0.1, 0.15) is 84.0 Å². The summed E-state index contributed by atoms with van der Waals surface area (Å²) in [4.78, 5) is 5.01. The first-order valence-electron chi connectivity index (χ1n) is 27.1. The van der Waals surface area contributed by atoms with E-state index >= 15 is 0 Å². The third-order valence-electron chi connectivity index (χ3n) is 16.6.